The number of anilines is 1. The van der Waals surface area contributed by atoms with Crippen LogP contribution in [-0.2, 0) is 0 Å². The molecule has 84 valence electrons. The number of hydrogen-bond acceptors (Lipinski definition) is 5. The summed E-state index contributed by atoms with van der Waals surface area (Å²) < 4.78 is 5.13. The summed E-state index contributed by atoms with van der Waals surface area (Å²) in [6.45, 7) is 5.88. The van der Waals surface area contributed by atoms with Crippen molar-refractivity contribution in [3.05, 3.63) is 35.3 Å². The molecule has 0 fully saturated rings. The first-order valence-electron chi connectivity index (χ1n) is 5.15. The number of hydrogen-bond donors (Lipinski definition) is 1. The molecule has 0 saturated heterocycles. The van der Waals surface area contributed by atoms with Gasteiger partial charge in [0.1, 0.15) is 11.6 Å². The Balaban J connectivity index is 2.18. The lowest BCUT2D eigenvalue weighted by molar-refractivity contribution is 0.392. The first-order valence-corrected chi connectivity index (χ1v) is 5.15. The number of nitrogens with zero attached hydrogens (tertiary/aromatic N) is 3. The smallest absolute Gasteiger partial charge is 0.149 e. The van der Waals surface area contributed by atoms with Crippen molar-refractivity contribution in [3.8, 4) is 0 Å². The third kappa shape index (κ3) is 2.03. The molecule has 2 rings (SSSR count). The van der Waals surface area contributed by atoms with Crippen LogP contribution < -0.4 is 5.32 Å². The Bertz CT molecular complexity index is 447. The summed E-state index contributed by atoms with van der Waals surface area (Å²) in [5, 5.41) is 15.0. The van der Waals surface area contributed by atoms with Gasteiger partial charge in [-0.15, -0.1) is 5.10 Å². The van der Waals surface area contributed by atoms with Gasteiger partial charge in [0.15, 0.2) is 0 Å². The zero-order valence-corrected chi connectivity index (χ0v) is 9.56. The van der Waals surface area contributed by atoms with Crippen LogP contribution in [0.2, 0.25) is 0 Å². The van der Waals surface area contributed by atoms with Crippen molar-refractivity contribution in [2.24, 2.45) is 0 Å². The molecule has 0 radical (unpaired) electrons. The zero-order valence-electron chi connectivity index (χ0n) is 9.56. The molecule has 1 unspecified atom stereocenters. The zero-order chi connectivity index (χ0) is 11.5. The Hall–Kier alpha value is -1.91. The fourth-order valence-electron chi connectivity index (χ4n) is 1.78. The van der Waals surface area contributed by atoms with E-state index in [-0.39, 0.29) is 6.04 Å². The molecular weight excluding hydrogens is 204 g/mol. The molecule has 2 aromatic rings. The van der Waals surface area contributed by atoms with E-state index in [1.165, 1.54) is 0 Å². The topological polar surface area (TPSA) is 63.8 Å². The Morgan fingerprint density at radius 1 is 1.38 bits per heavy atom. The molecule has 2 aromatic heterocycles. The highest BCUT2D eigenvalue weighted by Crippen LogP contribution is 2.23. The average Bonchev–Trinajstić information content (AvgIpc) is 2.60. The van der Waals surface area contributed by atoms with Gasteiger partial charge in [0.05, 0.1) is 11.7 Å². The maximum absolute atomic E-state index is 5.13. The lowest BCUT2D eigenvalue weighted by Gasteiger charge is -2.13. The number of nitrogens with one attached hydrogen (secondary N) is 1. The van der Waals surface area contributed by atoms with Gasteiger partial charge in [-0.25, -0.2) is 0 Å². The minimum absolute atomic E-state index is 0.1000. The largest absolute Gasteiger partial charge is 0.362 e. The van der Waals surface area contributed by atoms with E-state index in [4.69, 9.17) is 4.52 Å². The van der Waals surface area contributed by atoms with Gasteiger partial charge in [-0.2, -0.15) is 5.10 Å². The van der Waals surface area contributed by atoms with E-state index in [1.54, 1.807) is 6.20 Å². The molecule has 1 atom stereocenters. The molecule has 0 bridgehead atoms. The second-order valence-corrected chi connectivity index (χ2v) is 3.71. The van der Waals surface area contributed by atoms with Gasteiger partial charge in [-0.05, 0) is 32.9 Å². The summed E-state index contributed by atoms with van der Waals surface area (Å²) >= 11 is 0. The second kappa shape index (κ2) is 4.30. The highest BCUT2D eigenvalue weighted by Gasteiger charge is 2.16. The Morgan fingerprint density at radius 2 is 2.19 bits per heavy atom. The van der Waals surface area contributed by atoms with Crippen LogP contribution in [0.25, 0.3) is 0 Å². The molecule has 1 N–H and O–H groups in total. The highest BCUT2D eigenvalue weighted by atomic mass is 16.5. The van der Waals surface area contributed by atoms with Crippen LogP contribution >= 0.6 is 0 Å². The first kappa shape index (κ1) is 10.6. The predicted octanol–water partition coefficient (Wildman–Crippen LogP) is 2.25. The van der Waals surface area contributed by atoms with E-state index in [0.717, 1.165) is 22.8 Å². The van der Waals surface area contributed by atoms with Crippen LogP contribution in [0.4, 0.5) is 5.82 Å². The summed E-state index contributed by atoms with van der Waals surface area (Å²) in [7, 11) is 0. The van der Waals surface area contributed by atoms with Crippen molar-refractivity contribution < 1.29 is 4.52 Å². The Kier molecular flexibility index (Phi) is 2.85. The monoisotopic (exact) mass is 218 g/mol. The van der Waals surface area contributed by atoms with E-state index in [2.05, 4.69) is 20.7 Å². The van der Waals surface area contributed by atoms with Crippen LogP contribution in [0.3, 0.4) is 0 Å². The van der Waals surface area contributed by atoms with Gasteiger partial charge in [-0.1, -0.05) is 5.16 Å². The van der Waals surface area contributed by atoms with Crippen molar-refractivity contribution in [3.63, 3.8) is 0 Å². The van der Waals surface area contributed by atoms with Crippen LogP contribution in [-0.4, -0.2) is 15.4 Å². The molecule has 0 spiro atoms. The molecule has 5 heteroatoms. The second-order valence-electron chi connectivity index (χ2n) is 3.71. The summed E-state index contributed by atoms with van der Waals surface area (Å²) in [6, 6.07) is 3.82. The summed E-state index contributed by atoms with van der Waals surface area (Å²) in [6.07, 6.45) is 1.64. The standard InChI is InChI=1S/C11H14N4O/c1-7(11-8(2)15-16-9(11)3)13-10-5-4-6-12-14-10/h4-7H,1-3H3,(H,13,14). The molecule has 0 aromatic carbocycles. The average molecular weight is 218 g/mol. The van der Waals surface area contributed by atoms with Crippen molar-refractivity contribution >= 4 is 5.82 Å². The Morgan fingerprint density at radius 3 is 2.75 bits per heavy atom. The predicted molar refractivity (Wildman–Crippen MR) is 60.0 cm³/mol. The molecule has 0 aliphatic carbocycles. The van der Waals surface area contributed by atoms with Gasteiger partial charge >= 0.3 is 0 Å². The van der Waals surface area contributed by atoms with Gasteiger partial charge in [0.25, 0.3) is 0 Å². The SMILES string of the molecule is Cc1noc(C)c1C(C)Nc1cccnn1. The quantitative estimate of drug-likeness (QED) is 0.856. The molecule has 0 aliphatic rings. The molecule has 0 saturated carbocycles. The van der Waals surface area contributed by atoms with Crippen LogP contribution in [0.5, 0.6) is 0 Å². The molecule has 16 heavy (non-hydrogen) atoms. The molecule has 5 nitrogen and oxygen atoms in total. The third-order valence-electron chi connectivity index (χ3n) is 2.46. The normalized spacial score (nSPS) is 12.4. The van der Waals surface area contributed by atoms with E-state index < -0.39 is 0 Å². The maximum atomic E-state index is 5.13. The van der Waals surface area contributed by atoms with Crippen molar-refractivity contribution in [1.82, 2.24) is 15.4 Å². The van der Waals surface area contributed by atoms with Crippen LogP contribution in [0, 0.1) is 13.8 Å². The lowest BCUT2D eigenvalue weighted by atomic mass is 10.1. The summed E-state index contributed by atoms with van der Waals surface area (Å²) in [5.74, 6) is 1.58. The van der Waals surface area contributed by atoms with Crippen molar-refractivity contribution in [1.29, 1.82) is 0 Å². The van der Waals surface area contributed by atoms with E-state index in [1.807, 2.05) is 32.9 Å². The van der Waals surface area contributed by atoms with E-state index >= 15 is 0 Å². The minimum Gasteiger partial charge on any atom is -0.362 e. The summed E-state index contributed by atoms with van der Waals surface area (Å²) in [4.78, 5) is 0. The lowest BCUT2D eigenvalue weighted by Crippen LogP contribution is -2.09. The molecule has 0 amide bonds. The number of rotatable bonds is 3. The van der Waals surface area contributed by atoms with Crippen LogP contribution in [0.15, 0.2) is 22.9 Å². The van der Waals surface area contributed by atoms with Crippen LogP contribution in [0.1, 0.15) is 30.0 Å². The highest BCUT2D eigenvalue weighted by molar-refractivity contribution is 5.38. The van der Waals surface area contributed by atoms with Gasteiger partial charge < -0.3 is 9.84 Å². The Labute approximate surface area is 93.9 Å². The third-order valence-corrected chi connectivity index (χ3v) is 2.46. The van der Waals surface area contributed by atoms with E-state index in [9.17, 15) is 0 Å². The first-order chi connectivity index (χ1) is 7.68. The van der Waals surface area contributed by atoms with Gasteiger partial charge in [0, 0.05) is 11.8 Å². The molecule has 0 aliphatic heterocycles. The van der Waals surface area contributed by atoms with E-state index in [0.29, 0.717) is 0 Å². The number of aryl methyl sites for hydroxylation is 2. The minimum atomic E-state index is 0.1000. The maximum Gasteiger partial charge on any atom is 0.149 e. The molecular formula is C11H14N4O. The van der Waals surface area contributed by atoms with Crippen molar-refractivity contribution in [2.75, 3.05) is 5.32 Å². The fourth-order valence-corrected chi connectivity index (χ4v) is 1.78. The number of aromatic nitrogens is 3. The fraction of sp³-hybridized carbons (Fsp3) is 0.364. The molecule has 2 heterocycles. The van der Waals surface area contributed by atoms with Crippen molar-refractivity contribution in [2.45, 2.75) is 26.8 Å². The van der Waals surface area contributed by atoms with Gasteiger partial charge in [-0.3, -0.25) is 0 Å². The summed E-state index contributed by atoms with van der Waals surface area (Å²) in [5.41, 5.74) is 1.98. The van der Waals surface area contributed by atoms with Gasteiger partial charge in [0.2, 0.25) is 0 Å².